The van der Waals surface area contributed by atoms with Crippen molar-refractivity contribution in [2.45, 2.75) is 24.8 Å². The van der Waals surface area contributed by atoms with Crippen molar-refractivity contribution < 1.29 is 9.59 Å². The number of carbonyl (C=O) groups is 2. The third kappa shape index (κ3) is 1.96. The van der Waals surface area contributed by atoms with Gasteiger partial charge in [0.15, 0.2) is 0 Å². The molecule has 0 N–H and O–H groups in total. The van der Waals surface area contributed by atoms with Crippen molar-refractivity contribution in [3.05, 3.63) is 101 Å². The van der Waals surface area contributed by atoms with E-state index in [1.165, 1.54) is 27.2 Å². The number of aromatic nitrogens is 1. The van der Waals surface area contributed by atoms with E-state index in [0.717, 1.165) is 5.56 Å². The summed E-state index contributed by atoms with van der Waals surface area (Å²) in [6, 6.07) is 20.4. The summed E-state index contributed by atoms with van der Waals surface area (Å²) >= 11 is 0. The number of benzene rings is 2. The van der Waals surface area contributed by atoms with E-state index in [1.54, 1.807) is 12.4 Å². The van der Waals surface area contributed by atoms with Gasteiger partial charge in [0, 0.05) is 23.7 Å². The van der Waals surface area contributed by atoms with Crippen molar-refractivity contribution in [1.29, 1.82) is 0 Å². The van der Waals surface area contributed by atoms with Gasteiger partial charge in [-0.25, -0.2) is 0 Å². The fraction of sp³-hybridized carbons (Fsp3) is 0.240. The van der Waals surface area contributed by atoms with Crippen LogP contribution in [-0.2, 0) is 21.5 Å². The van der Waals surface area contributed by atoms with E-state index < -0.39 is 5.41 Å². The van der Waals surface area contributed by atoms with Crippen LogP contribution in [-0.4, -0.2) is 21.7 Å². The number of carbonyl (C=O) groups excluding carboxylic acids is 2. The van der Waals surface area contributed by atoms with Gasteiger partial charge < -0.3 is 0 Å². The Morgan fingerprint density at radius 1 is 0.897 bits per heavy atom. The molecule has 0 spiro atoms. The third-order valence-electron chi connectivity index (χ3n) is 7.20. The molecule has 1 aliphatic heterocycles. The summed E-state index contributed by atoms with van der Waals surface area (Å²) in [4.78, 5) is 32.9. The Bertz CT molecular complexity index is 1120. The van der Waals surface area contributed by atoms with Gasteiger partial charge >= 0.3 is 0 Å². The van der Waals surface area contributed by atoms with Gasteiger partial charge in [0.2, 0.25) is 11.8 Å². The molecule has 4 heteroatoms. The second kappa shape index (κ2) is 5.63. The van der Waals surface area contributed by atoms with Gasteiger partial charge in [-0.2, -0.15) is 0 Å². The number of hydrogen-bond donors (Lipinski definition) is 0. The SMILES string of the molecule is CC12c3ccccc3C(c3ccccc31)[C@@H]1C(=O)N(Cc3cccnc3)C(=O)[C@H]12. The number of pyridine rings is 1. The quantitative estimate of drug-likeness (QED) is 0.638. The molecule has 0 unspecified atom stereocenters. The Morgan fingerprint density at radius 3 is 2.17 bits per heavy atom. The lowest BCUT2D eigenvalue weighted by Crippen LogP contribution is -2.51. The second-order valence-corrected chi connectivity index (χ2v) is 8.48. The molecule has 0 radical (unpaired) electrons. The Hall–Kier alpha value is -3.27. The first-order valence-electron chi connectivity index (χ1n) is 10.1. The average Bonchev–Trinajstić information content (AvgIpc) is 3.01. The second-order valence-electron chi connectivity index (χ2n) is 8.48. The van der Waals surface area contributed by atoms with E-state index in [-0.39, 0.29) is 36.1 Å². The molecule has 3 aliphatic carbocycles. The summed E-state index contributed by atoms with van der Waals surface area (Å²) in [5, 5.41) is 0. The van der Waals surface area contributed by atoms with Crippen molar-refractivity contribution in [3.63, 3.8) is 0 Å². The fourth-order valence-corrected chi connectivity index (χ4v) is 6.04. The molecule has 3 aromatic rings. The summed E-state index contributed by atoms with van der Waals surface area (Å²) < 4.78 is 0. The zero-order valence-electron chi connectivity index (χ0n) is 16.1. The van der Waals surface area contributed by atoms with Crippen LogP contribution in [0.5, 0.6) is 0 Å². The van der Waals surface area contributed by atoms with E-state index in [2.05, 4.69) is 36.2 Å². The Kier molecular flexibility index (Phi) is 3.24. The van der Waals surface area contributed by atoms with Crippen LogP contribution in [0.4, 0.5) is 0 Å². The van der Waals surface area contributed by atoms with Crippen LogP contribution in [0.1, 0.15) is 40.7 Å². The molecule has 7 rings (SSSR count). The first-order valence-corrected chi connectivity index (χ1v) is 10.1. The maximum atomic E-state index is 13.7. The highest BCUT2D eigenvalue weighted by Crippen LogP contribution is 2.63. The molecule has 0 saturated carbocycles. The molecule has 2 atom stereocenters. The van der Waals surface area contributed by atoms with E-state index >= 15 is 0 Å². The lowest BCUT2D eigenvalue weighted by atomic mass is 9.48. The van der Waals surface area contributed by atoms with Crippen molar-refractivity contribution in [1.82, 2.24) is 9.88 Å². The molecule has 2 amide bonds. The van der Waals surface area contributed by atoms with Gasteiger partial charge in [-0.05, 0) is 33.9 Å². The zero-order valence-corrected chi connectivity index (χ0v) is 16.1. The van der Waals surface area contributed by atoms with Gasteiger partial charge in [-0.1, -0.05) is 61.5 Å². The summed E-state index contributed by atoms with van der Waals surface area (Å²) in [6.45, 7) is 2.43. The minimum Gasteiger partial charge on any atom is -0.277 e. The molecule has 2 bridgehead atoms. The number of nitrogens with zero attached hydrogens (tertiary/aromatic N) is 2. The van der Waals surface area contributed by atoms with Crippen LogP contribution in [0.2, 0.25) is 0 Å². The predicted molar refractivity (Wildman–Crippen MR) is 108 cm³/mol. The maximum Gasteiger partial charge on any atom is 0.234 e. The normalized spacial score (nSPS) is 28.9. The van der Waals surface area contributed by atoms with E-state index in [4.69, 9.17) is 0 Å². The maximum absolute atomic E-state index is 13.7. The fourth-order valence-electron chi connectivity index (χ4n) is 6.04. The van der Waals surface area contributed by atoms with E-state index in [1.807, 2.05) is 36.4 Å². The summed E-state index contributed by atoms with van der Waals surface area (Å²) in [5.74, 6) is -0.871. The lowest BCUT2D eigenvalue weighted by molar-refractivity contribution is -0.140. The van der Waals surface area contributed by atoms with Crippen molar-refractivity contribution in [2.24, 2.45) is 11.8 Å². The van der Waals surface area contributed by atoms with Gasteiger partial charge in [0.1, 0.15) is 0 Å². The molecule has 4 nitrogen and oxygen atoms in total. The minimum absolute atomic E-state index is 0.0518. The molecule has 1 saturated heterocycles. The van der Waals surface area contributed by atoms with Crippen molar-refractivity contribution in [2.75, 3.05) is 0 Å². The highest BCUT2D eigenvalue weighted by atomic mass is 16.2. The Labute approximate surface area is 169 Å². The minimum atomic E-state index is -0.497. The largest absolute Gasteiger partial charge is 0.277 e. The lowest BCUT2D eigenvalue weighted by Gasteiger charge is -2.52. The molecular formula is C25H20N2O2. The van der Waals surface area contributed by atoms with Crippen LogP contribution in [0.15, 0.2) is 73.1 Å². The van der Waals surface area contributed by atoms with Crippen LogP contribution < -0.4 is 0 Å². The first-order chi connectivity index (χ1) is 14.1. The molecule has 29 heavy (non-hydrogen) atoms. The van der Waals surface area contributed by atoms with Gasteiger partial charge in [0.05, 0.1) is 18.4 Å². The average molecular weight is 380 g/mol. The molecule has 142 valence electrons. The molecule has 2 heterocycles. The summed E-state index contributed by atoms with van der Waals surface area (Å²) in [6.07, 6.45) is 3.42. The summed E-state index contributed by atoms with van der Waals surface area (Å²) in [7, 11) is 0. The van der Waals surface area contributed by atoms with Gasteiger partial charge in [0.25, 0.3) is 0 Å². The Morgan fingerprint density at radius 2 is 1.55 bits per heavy atom. The predicted octanol–water partition coefficient (Wildman–Crippen LogP) is 3.65. The van der Waals surface area contributed by atoms with Crippen LogP contribution in [0, 0.1) is 11.8 Å². The zero-order chi connectivity index (χ0) is 19.8. The first kappa shape index (κ1) is 16.7. The number of imide groups is 1. The number of likely N-dealkylation sites (tertiary alicyclic amines) is 1. The monoisotopic (exact) mass is 380 g/mol. The van der Waals surface area contributed by atoms with Crippen LogP contribution in [0.25, 0.3) is 0 Å². The van der Waals surface area contributed by atoms with Gasteiger partial charge in [-0.15, -0.1) is 0 Å². The molecule has 1 fully saturated rings. The number of rotatable bonds is 2. The highest BCUT2D eigenvalue weighted by molar-refractivity contribution is 6.08. The van der Waals surface area contributed by atoms with Crippen molar-refractivity contribution >= 4 is 11.8 Å². The van der Waals surface area contributed by atoms with E-state index in [0.29, 0.717) is 0 Å². The third-order valence-corrected chi connectivity index (χ3v) is 7.20. The van der Waals surface area contributed by atoms with Crippen molar-refractivity contribution in [3.8, 4) is 0 Å². The van der Waals surface area contributed by atoms with E-state index in [9.17, 15) is 9.59 Å². The molecule has 4 aliphatic rings. The number of amides is 2. The summed E-state index contributed by atoms with van der Waals surface area (Å²) in [5.41, 5.74) is 5.14. The standard InChI is InChI=1S/C25H20N2O2/c1-25-18-10-4-2-8-16(18)20(17-9-3-5-11-19(17)25)21-22(25)24(29)27(23(21)28)14-15-7-6-12-26-13-15/h2-13,20-22H,14H2,1H3/t20?,21-,22-,25?/m0/s1. The molecular weight excluding hydrogens is 360 g/mol. The Balaban J connectivity index is 1.55. The number of hydrogen-bond acceptors (Lipinski definition) is 3. The highest BCUT2D eigenvalue weighted by Gasteiger charge is 2.66. The van der Waals surface area contributed by atoms with Crippen LogP contribution >= 0.6 is 0 Å². The van der Waals surface area contributed by atoms with Crippen LogP contribution in [0.3, 0.4) is 0 Å². The molecule has 2 aromatic carbocycles. The smallest absolute Gasteiger partial charge is 0.234 e. The molecule has 1 aromatic heterocycles. The van der Waals surface area contributed by atoms with Gasteiger partial charge in [-0.3, -0.25) is 19.5 Å². The topological polar surface area (TPSA) is 50.3 Å².